The Morgan fingerprint density at radius 3 is 1.94 bits per heavy atom. The van der Waals surface area contributed by atoms with Gasteiger partial charge in [-0.3, -0.25) is 10.4 Å². The van der Waals surface area contributed by atoms with Crippen LogP contribution in [0.2, 0.25) is 5.15 Å². The second kappa shape index (κ2) is 15.6. The molecular formula is C44H52ClN15O2. The molecule has 2 unspecified atom stereocenters. The summed E-state index contributed by atoms with van der Waals surface area (Å²) in [6.45, 7) is 15.2. The molecule has 2 atom stereocenters. The molecule has 2 saturated heterocycles. The predicted octanol–water partition coefficient (Wildman–Crippen LogP) is 6.67. The monoisotopic (exact) mass is 857 g/mol. The van der Waals surface area contributed by atoms with Crippen LogP contribution < -0.4 is 20.4 Å². The highest BCUT2D eigenvalue weighted by Crippen LogP contribution is 2.41. The van der Waals surface area contributed by atoms with E-state index in [4.69, 9.17) is 16.7 Å². The first-order valence-electron chi connectivity index (χ1n) is 20.5. The maximum Gasteiger partial charge on any atom is 0.245 e. The van der Waals surface area contributed by atoms with Gasteiger partial charge in [-0.05, 0) is 103 Å². The zero-order valence-electron chi connectivity index (χ0n) is 36.4. The number of hydrogen-bond donors (Lipinski definition) is 5. The first-order chi connectivity index (χ1) is 29.3. The Hall–Kier alpha value is -6.22. The minimum absolute atomic E-state index is 0.00352. The summed E-state index contributed by atoms with van der Waals surface area (Å²) < 4.78 is 1.79. The van der Waals surface area contributed by atoms with E-state index in [2.05, 4.69) is 111 Å². The fraction of sp³-hybridized carbons (Fsp3) is 0.432. The van der Waals surface area contributed by atoms with E-state index in [9.17, 15) is 15.5 Å². The third kappa shape index (κ3) is 8.25. The van der Waals surface area contributed by atoms with E-state index in [1.807, 2.05) is 25.1 Å². The van der Waals surface area contributed by atoms with Crippen molar-refractivity contribution >= 4 is 23.4 Å². The van der Waals surface area contributed by atoms with Gasteiger partial charge < -0.3 is 25.3 Å². The van der Waals surface area contributed by atoms with E-state index in [0.29, 0.717) is 73.9 Å². The molecule has 4 aromatic heterocycles. The van der Waals surface area contributed by atoms with Crippen LogP contribution in [0.15, 0.2) is 61.2 Å². The van der Waals surface area contributed by atoms with Crippen LogP contribution in [0.1, 0.15) is 79.8 Å². The number of anilines is 2. The minimum atomic E-state index is -0.729. The molecule has 6 aromatic rings. The lowest BCUT2D eigenvalue weighted by Gasteiger charge is -2.50. The number of piperidine rings is 2. The molecule has 6 heterocycles. The van der Waals surface area contributed by atoms with Gasteiger partial charge >= 0.3 is 0 Å². The second-order valence-electron chi connectivity index (χ2n) is 18.8. The van der Waals surface area contributed by atoms with E-state index in [1.54, 1.807) is 59.8 Å². The molecule has 2 aliphatic heterocycles. The topological polar surface area (TPSA) is 219 Å². The molecule has 0 aliphatic carbocycles. The minimum Gasteiger partial charge on any atom is -0.507 e. The van der Waals surface area contributed by atoms with E-state index >= 15 is 0 Å². The predicted molar refractivity (Wildman–Crippen MR) is 237 cm³/mol. The molecule has 322 valence electrons. The molecule has 5 N–H and O–H groups in total. The van der Waals surface area contributed by atoms with Crippen molar-refractivity contribution in [2.45, 2.75) is 109 Å². The van der Waals surface area contributed by atoms with E-state index in [1.165, 1.54) is 0 Å². The van der Waals surface area contributed by atoms with Crippen LogP contribution in [0.5, 0.6) is 11.5 Å². The van der Waals surface area contributed by atoms with Gasteiger partial charge in [0.1, 0.15) is 39.8 Å². The number of aromatic hydroxyl groups is 2. The van der Waals surface area contributed by atoms with Crippen molar-refractivity contribution in [3.8, 4) is 62.5 Å². The van der Waals surface area contributed by atoms with Gasteiger partial charge in [-0.25, -0.2) is 14.6 Å². The number of phenols is 2. The number of aromatic nitrogens is 10. The number of benzene rings is 2. The first-order valence-corrected chi connectivity index (χ1v) is 20.9. The fourth-order valence-corrected chi connectivity index (χ4v) is 10.0. The molecule has 2 aromatic carbocycles. The van der Waals surface area contributed by atoms with Gasteiger partial charge in [0.2, 0.25) is 5.95 Å². The lowest BCUT2D eigenvalue weighted by atomic mass is 9.79. The van der Waals surface area contributed by atoms with E-state index in [0.717, 1.165) is 19.3 Å². The molecule has 0 radical (unpaired) electrons. The average Bonchev–Trinajstić information content (AvgIpc) is 3.86. The van der Waals surface area contributed by atoms with Crippen LogP contribution in [-0.2, 0) is 5.66 Å². The number of H-pyrrole nitrogens is 1. The Morgan fingerprint density at radius 2 is 1.34 bits per heavy atom. The van der Waals surface area contributed by atoms with Crippen molar-refractivity contribution in [3.05, 3.63) is 72.0 Å². The summed E-state index contributed by atoms with van der Waals surface area (Å²) in [6.07, 6.45) is 9.81. The zero-order valence-corrected chi connectivity index (χ0v) is 37.2. The Kier molecular flexibility index (Phi) is 10.7. The summed E-state index contributed by atoms with van der Waals surface area (Å²) in [5.41, 5.74) is 3.07. The summed E-state index contributed by atoms with van der Waals surface area (Å²) in [4.78, 5) is 13.4. The Labute approximate surface area is 365 Å². The SMILES string of the molecule is CN(c1cnc(-c2ccc(-c3cnn(C4(C)CC(N(C)c5ncc(-c6ccc(-c7cn[nH]c7C#N)cc6O)nn5)CC(C)(C)N4)c3Cl)cc2O)nn1)C1CC(C)(C)NC(C)(C)C1. The van der Waals surface area contributed by atoms with Crippen LogP contribution in [-0.4, -0.2) is 103 Å². The number of nitrogens with zero attached hydrogens (tertiary/aromatic N) is 12. The number of nitrogens with one attached hydrogen (secondary N) is 3. The van der Waals surface area contributed by atoms with E-state index in [-0.39, 0.29) is 40.2 Å². The van der Waals surface area contributed by atoms with Crippen LogP contribution in [0.4, 0.5) is 11.8 Å². The van der Waals surface area contributed by atoms with Gasteiger partial charge in [0.15, 0.2) is 11.6 Å². The molecule has 0 saturated carbocycles. The van der Waals surface area contributed by atoms with Gasteiger partial charge in [-0.1, -0.05) is 23.7 Å². The number of rotatable bonds is 9. The Bertz CT molecular complexity index is 2640. The maximum absolute atomic E-state index is 11.3. The average molecular weight is 858 g/mol. The Balaban J connectivity index is 0.975. The van der Waals surface area contributed by atoms with Gasteiger partial charge in [0, 0.05) is 65.9 Å². The third-order valence-corrected chi connectivity index (χ3v) is 12.5. The van der Waals surface area contributed by atoms with Crippen molar-refractivity contribution in [3.63, 3.8) is 0 Å². The zero-order chi connectivity index (χ0) is 44.4. The van der Waals surface area contributed by atoms with E-state index < -0.39 is 5.66 Å². The summed E-state index contributed by atoms with van der Waals surface area (Å²) >= 11 is 7.16. The molecule has 18 heteroatoms. The number of phenolic OH excluding ortho intramolecular Hbond substituents is 2. The summed E-state index contributed by atoms with van der Waals surface area (Å²) in [5, 5.41) is 68.7. The lowest BCUT2D eigenvalue weighted by Crippen LogP contribution is -2.64. The summed E-state index contributed by atoms with van der Waals surface area (Å²) in [5.74, 6) is 1.39. The third-order valence-electron chi connectivity index (χ3n) is 12.1. The summed E-state index contributed by atoms with van der Waals surface area (Å²) in [6, 6.07) is 12.6. The maximum atomic E-state index is 11.3. The molecule has 2 aliphatic rings. The summed E-state index contributed by atoms with van der Waals surface area (Å²) in [7, 11) is 3.97. The van der Waals surface area contributed by atoms with Crippen LogP contribution in [0.3, 0.4) is 0 Å². The highest BCUT2D eigenvalue weighted by Gasteiger charge is 2.45. The van der Waals surface area contributed by atoms with Gasteiger partial charge in [-0.2, -0.15) is 15.5 Å². The molecule has 0 spiro atoms. The molecule has 62 heavy (non-hydrogen) atoms. The van der Waals surface area contributed by atoms with Crippen molar-refractivity contribution in [2.75, 3.05) is 23.9 Å². The highest BCUT2D eigenvalue weighted by atomic mass is 35.5. The number of nitriles is 1. The standard InChI is InChI=1S/C44H52ClN15O2/c1-41(2)16-27(17-42(3,4)56-41)58(8)37-24-47-39(54-53-37)30-13-11-26(15-36(30)62)32-22-50-60(38(32)45)44(7)19-28(18-43(5,6)57-44)59(9)40-48-23-34(52-55-40)29-12-10-25(14-35(29)61)31-21-49-51-33(31)20-46/h10-15,21-24,27-28,56-57,61-62H,16-19H2,1-9H3,(H,49,51). The molecular weight excluding hydrogens is 806 g/mol. The normalized spacial score (nSPS) is 20.7. The number of aromatic amines is 1. The van der Waals surface area contributed by atoms with Crippen molar-refractivity contribution in [2.24, 2.45) is 0 Å². The van der Waals surface area contributed by atoms with Crippen LogP contribution in [0.25, 0.3) is 44.9 Å². The van der Waals surface area contributed by atoms with Crippen molar-refractivity contribution < 1.29 is 10.2 Å². The fourth-order valence-electron chi connectivity index (χ4n) is 9.63. The lowest BCUT2D eigenvalue weighted by molar-refractivity contribution is 0.0758. The van der Waals surface area contributed by atoms with Gasteiger partial charge in [-0.15, -0.1) is 20.4 Å². The quantitative estimate of drug-likeness (QED) is 0.103. The highest BCUT2D eigenvalue weighted by molar-refractivity contribution is 6.32. The molecule has 17 nitrogen and oxygen atoms in total. The van der Waals surface area contributed by atoms with Crippen molar-refractivity contribution in [1.82, 2.24) is 61.0 Å². The second-order valence-corrected chi connectivity index (χ2v) is 19.2. The van der Waals surface area contributed by atoms with Crippen LogP contribution in [0, 0.1) is 11.3 Å². The van der Waals surface area contributed by atoms with Crippen molar-refractivity contribution in [1.29, 1.82) is 5.26 Å². The van der Waals surface area contributed by atoms with Crippen LogP contribution >= 0.6 is 11.6 Å². The molecule has 0 bridgehead atoms. The first kappa shape index (κ1) is 42.5. The van der Waals surface area contributed by atoms with Gasteiger partial charge in [0.25, 0.3) is 0 Å². The number of hydrogen-bond acceptors (Lipinski definition) is 15. The number of halogens is 1. The molecule has 0 amide bonds. The smallest absolute Gasteiger partial charge is 0.245 e. The largest absolute Gasteiger partial charge is 0.507 e. The Morgan fingerprint density at radius 1 is 0.710 bits per heavy atom. The molecule has 2 fully saturated rings. The molecule has 8 rings (SSSR count). The van der Waals surface area contributed by atoms with Gasteiger partial charge in [0.05, 0.1) is 30.4 Å².